The van der Waals surface area contributed by atoms with E-state index in [0.717, 1.165) is 0 Å². The van der Waals surface area contributed by atoms with Crippen LogP contribution in [0.25, 0.3) is 0 Å². The largest absolute Gasteiger partial charge is 0.506 e. The zero-order chi connectivity index (χ0) is 13.0. The average Bonchev–Trinajstić information content (AvgIpc) is 2.25. The van der Waals surface area contributed by atoms with E-state index in [1.807, 2.05) is 0 Å². The van der Waals surface area contributed by atoms with Crippen LogP contribution in [0, 0.1) is 6.92 Å². The van der Waals surface area contributed by atoms with Crippen molar-refractivity contribution in [1.82, 2.24) is 0 Å². The minimum atomic E-state index is -0.891. The summed E-state index contributed by atoms with van der Waals surface area (Å²) in [5.74, 6) is -0.499. The second kappa shape index (κ2) is 5.86. The number of nitrogens with one attached hydrogen (secondary N) is 1. The van der Waals surface area contributed by atoms with Crippen LogP contribution < -0.4 is 11.1 Å². The molecule has 0 aliphatic carbocycles. The fourth-order valence-electron chi connectivity index (χ4n) is 1.26. The normalized spacial score (nSPS) is 12.2. The molecule has 0 radical (unpaired) electrons. The predicted octanol–water partition coefficient (Wildman–Crippen LogP) is 1.00. The molecule has 6 heteroatoms. The molecule has 1 atom stereocenters. The second-order valence-electron chi connectivity index (χ2n) is 3.76. The molecule has 0 spiro atoms. The highest BCUT2D eigenvalue weighted by Crippen LogP contribution is 2.29. The molecule has 94 valence electrons. The summed E-state index contributed by atoms with van der Waals surface area (Å²) in [6.07, 6.45) is -1.01. The maximum Gasteiger partial charge on any atom is 0.227 e. The number of benzene rings is 1. The fraction of sp³-hybridized carbons (Fsp3) is 0.364. The molecule has 0 aliphatic rings. The molecule has 1 rings (SSSR count). The van der Waals surface area contributed by atoms with E-state index in [4.69, 9.17) is 17.3 Å². The lowest BCUT2D eigenvalue weighted by Crippen LogP contribution is -2.26. The van der Waals surface area contributed by atoms with Crippen molar-refractivity contribution >= 4 is 23.2 Å². The number of phenolic OH excluding ortho intramolecular Hbond substituents is 1. The topological polar surface area (TPSA) is 95.6 Å². The molecule has 0 saturated heterocycles. The van der Waals surface area contributed by atoms with Crippen LogP contribution in [0.5, 0.6) is 5.75 Å². The Morgan fingerprint density at radius 2 is 2.24 bits per heavy atom. The first-order valence-corrected chi connectivity index (χ1v) is 5.49. The first kappa shape index (κ1) is 13.8. The Kier molecular flexibility index (Phi) is 4.74. The maximum absolute atomic E-state index is 11.4. The highest BCUT2D eigenvalue weighted by atomic mass is 35.5. The molecule has 1 aromatic rings. The summed E-state index contributed by atoms with van der Waals surface area (Å²) >= 11 is 5.87. The summed E-state index contributed by atoms with van der Waals surface area (Å²) in [6, 6.07) is 2.91. The molecule has 1 amide bonds. The Bertz CT molecular complexity index is 423. The molecule has 0 fully saturated rings. The number of halogens is 1. The van der Waals surface area contributed by atoms with E-state index in [-0.39, 0.29) is 24.4 Å². The van der Waals surface area contributed by atoms with Crippen molar-refractivity contribution in [1.29, 1.82) is 0 Å². The molecule has 5 nitrogen and oxygen atoms in total. The first-order valence-electron chi connectivity index (χ1n) is 5.11. The number of nitrogens with two attached hydrogens (primary N) is 1. The highest BCUT2D eigenvalue weighted by molar-refractivity contribution is 6.31. The third kappa shape index (κ3) is 3.89. The van der Waals surface area contributed by atoms with Crippen LogP contribution in [0.3, 0.4) is 0 Å². The van der Waals surface area contributed by atoms with Gasteiger partial charge in [0.2, 0.25) is 5.91 Å². The van der Waals surface area contributed by atoms with Gasteiger partial charge in [-0.3, -0.25) is 4.79 Å². The molecule has 1 aromatic carbocycles. The number of rotatable bonds is 4. The van der Waals surface area contributed by atoms with Gasteiger partial charge in [-0.15, -0.1) is 0 Å². The van der Waals surface area contributed by atoms with Gasteiger partial charge >= 0.3 is 0 Å². The van der Waals surface area contributed by atoms with Crippen LogP contribution >= 0.6 is 11.6 Å². The minimum absolute atomic E-state index is 0.00799. The summed E-state index contributed by atoms with van der Waals surface area (Å²) in [5.41, 5.74) is 6.12. The number of hydrogen-bond acceptors (Lipinski definition) is 4. The van der Waals surface area contributed by atoms with Crippen molar-refractivity contribution in [3.8, 4) is 5.75 Å². The van der Waals surface area contributed by atoms with Gasteiger partial charge in [-0.05, 0) is 24.6 Å². The van der Waals surface area contributed by atoms with E-state index in [9.17, 15) is 15.0 Å². The lowest BCUT2D eigenvalue weighted by molar-refractivity contribution is -0.117. The third-order valence-corrected chi connectivity index (χ3v) is 2.65. The Hall–Kier alpha value is -1.30. The molecule has 1 unspecified atom stereocenters. The summed E-state index contributed by atoms with van der Waals surface area (Å²) < 4.78 is 0. The van der Waals surface area contributed by atoms with E-state index in [1.54, 1.807) is 6.92 Å². The molecule has 0 heterocycles. The predicted molar refractivity (Wildman–Crippen MR) is 66.2 cm³/mol. The van der Waals surface area contributed by atoms with Gasteiger partial charge < -0.3 is 21.3 Å². The van der Waals surface area contributed by atoms with E-state index >= 15 is 0 Å². The Morgan fingerprint density at radius 3 is 2.82 bits per heavy atom. The van der Waals surface area contributed by atoms with Gasteiger partial charge in [0.25, 0.3) is 0 Å². The van der Waals surface area contributed by atoms with Crippen molar-refractivity contribution in [2.75, 3.05) is 11.9 Å². The number of aliphatic hydroxyl groups excluding tert-OH is 1. The van der Waals surface area contributed by atoms with Gasteiger partial charge in [0, 0.05) is 11.6 Å². The zero-order valence-corrected chi connectivity index (χ0v) is 10.2. The number of carbonyl (C=O) groups is 1. The van der Waals surface area contributed by atoms with Gasteiger partial charge in [-0.25, -0.2) is 0 Å². The van der Waals surface area contributed by atoms with E-state index in [0.29, 0.717) is 10.6 Å². The summed E-state index contributed by atoms with van der Waals surface area (Å²) in [7, 11) is 0. The molecule has 17 heavy (non-hydrogen) atoms. The number of aryl methyl sites for hydroxylation is 1. The molecule has 0 aromatic heterocycles. The highest BCUT2D eigenvalue weighted by Gasteiger charge is 2.12. The van der Waals surface area contributed by atoms with Crippen molar-refractivity contribution in [3.05, 3.63) is 22.7 Å². The molecule has 0 bridgehead atoms. The van der Waals surface area contributed by atoms with Crippen LogP contribution in [0.1, 0.15) is 12.0 Å². The van der Waals surface area contributed by atoms with Crippen LogP contribution in [0.2, 0.25) is 5.02 Å². The van der Waals surface area contributed by atoms with Gasteiger partial charge in [0.05, 0.1) is 18.2 Å². The van der Waals surface area contributed by atoms with Gasteiger partial charge in [-0.2, -0.15) is 0 Å². The van der Waals surface area contributed by atoms with Crippen LogP contribution in [0.15, 0.2) is 12.1 Å². The molecule has 0 saturated carbocycles. The molecular formula is C11H15ClN2O3. The van der Waals surface area contributed by atoms with E-state index in [2.05, 4.69) is 5.32 Å². The number of aromatic hydroxyl groups is 1. The quantitative estimate of drug-likeness (QED) is 0.606. The standard InChI is InChI=1S/C11H15ClN2O3/c1-6-2-10(16)9(4-8(6)12)14-11(17)3-7(15)5-13/h2,4,7,15-16H,3,5,13H2,1H3,(H,14,17). The smallest absolute Gasteiger partial charge is 0.227 e. The van der Waals surface area contributed by atoms with E-state index < -0.39 is 12.0 Å². The number of amides is 1. The summed E-state index contributed by atoms with van der Waals surface area (Å²) in [4.78, 5) is 11.4. The van der Waals surface area contributed by atoms with Gasteiger partial charge in [0.1, 0.15) is 5.75 Å². The number of aliphatic hydroxyl groups is 1. The minimum Gasteiger partial charge on any atom is -0.506 e. The molecular weight excluding hydrogens is 244 g/mol. The van der Waals surface area contributed by atoms with Crippen molar-refractivity contribution in [2.24, 2.45) is 5.73 Å². The Balaban J connectivity index is 2.75. The van der Waals surface area contributed by atoms with Crippen molar-refractivity contribution in [3.63, 3.8) is 0 Å². The van der Waals surface area contributed by atoms with Crippen molar-refractivity contribution < 1.29 is 15.0 Å². The van der Waals surface area contributed by atoms with Gasteiger partial charge in [0.15, 0.2) is 0 Å². The Labute approximate surface area is 104 Å². The van der Waals surface area contributed by atoms with Crippen LogP contribution in [-0.2, 0) is 4.79 Å². The second-order valence-corrected chi connectivity index (χ2v) is 4.17. The van der Waals surface area contributed by atoms with Crippen molar-refractivity contribution in [2.45, 2.75) is 19.4 Å². The monoisotopic (exact) mass is 258 g/mol. The van der Waals surface area contributed by atoms with Crippen LogP contribution in [-0.4, -0.2) is 28.8 Å². The summed E-state index contributed by atoms with van der Waals surface area (Å²) in [5, 5.41) is 21.7. The third-order valence-electron chi connectivity index (χ3n) is 2.24. The lowest BCUT2D eigenvalue weighted by Gasteiger charge is -2.11. The molecule has 0 aliphatic heterocycles. The lowest BCUT2D eigenvalue weighted by atomic mass is 10.2. The number of phenols is 1. The average molecular weight is 259 g/mol. The summed E-state index contributed by atoms with van der Waals surface area (Å²) in [6.45, 7) is 1.75. The van der Waals surface area contributed by atoms with Gasteiger partial charge in [-0.1, -0.05) is 11.6 Å². The van der Waals surface area contributed by atoms with Crippen LogP contribution in [0.4, 0.5) is 5.69 Å². The number of hydrogen-bond donors (Lipinski definition) is 4. The maximum atomic E-state index is 11.4. The van der Waals surface area contributed by atoms with E-state index in [1.165, 1.54) is 12.1 Å². The fourth-order valence-corrected chi connectivity index (χ4v) is 1.43. The SMILES string of the molecule is Cc1cc(O)c(NC(=O)CC(O)CN)cc1Cl. The number of anilines is 1. The zero-order valence-electron chi connectivity index (χ0n) is 9.40. The first-order chi connectivity index (χ1) is 7.93. The molecule has 5 N–H and O–H groups in total. The Morgan fingerprint density at radius 1 is 1.59 bits per heavy atom. The number of carbonyl (C=O) groups excluding carboxylic acids is 1.